The number of nitrogens with two attached hydrogens (primary N) is 1. The maximum Gasteiger partial charge on any atom is 0.254 e. The van der Waals surface area contributed by atoms with E-state index in [1.165, 1.54) is 0 Å². The van der Waals surface area contributed by atoms with Crippen LogP contribution in [0.25, 0.3) is 0 Å². The van der Waals surface area contributed by atoms with Crippen LogP contribution in [0.4, 0.5) is 5.82 Å². The van der Waals surface area contributed by atoms with Gasteiger partial charge in [0.2, 0.25) is 0 Å². The maximum atomic E-state index is 12.5. The number of hydrogen-bond acceptors (Lipinski definition) is 4. The molecule has 104 valence electrons. The van der Waals surface area contributed by atoms with E-state index in [1.54, 1.807) is 19.2 Å². The molecule has 1 aliphatic heterocycles. The number of pyridine rings is 1. The molecule has 6 heteroatoms. The summed E-state index contributed by atoms with van der Waals surface area (Å²) in [7, 11) is 1.75. The van der Waals surface area contributed by atoms with Crippen molar-refractivity contribution in [3.8, 4) is 0 Å². The Hall–Kier alpha value is -1.33. The Morgan fingerprint density at radius 2 is 2.42 bits per heavy atom. The van der Waals surface area contributed by atoms with Gasteiger partial charge in [-0.3, -0.25) is 4.79 Å². The molecule has 3 N–H and O–H groups in total. The minimum Gasteiger partial charge on any atom is -0.373 e. The van der Waals surface area contributed by atoms with Crippen molar-refractivity contribution in [3.05, 3.63) is 22.8 Å². The molecule has 0 aromatic carbocycles. The van der Waals surface area contributed by atoms with Crippen molar-refractivity contribution in [2.75, 3.05) is 32.0 Å². The number of piperidine rings is 1. The van der Waals surface area contributed by atoms with Crippen molar-refractivity contribution >= 4 is 23.3 Å². The molecule has 1 amide bonds. The number of rotatable bonds is 3. The van der Waals surface area contributed by atoms with Crippen LogP contribution in [0.5, 0.6) is 0 Å². The summed E-state index contributed by atoms with van der Waals surface area (Å²) in [4.78, 5) is 18.4. The molecule has 0 unspecified atom stereocenters. The van der Waals surface area contributed by atoms with Crippen molar-refractivity contribution < 1.29 is 4.79 Å². The molecule has 1 aromatic rings. The van der Waals surface area contributed by atoms with Gasteiger partial charge in [-0.1, -0.05) is 11.6 Å². The van der Waals surface area contributed by atoms with Crippen molar-refractivity contribution in [1.82, 2.24) is 9.88 Å². The number of halogens is 1. The first-order valence-corrected chi connectivity index (χ1v) is 6.86. The predicted molar refractivity (Wildman–Crippen MR) is 76.5 cm³/mol. The Bertz CT molecular complexity index is 466. The number of carbonyl (C=O) groups excluding carboxylic acids is 1. The highest BCUT2D eigenvalue weighted by atomic mass is 35.5. The van der Waals surface area contributed by atoms with Crippen LogP contribution in [0.1, 0.15) is 23.2 Å². The molecule has 0 aliphatic carbocycles. The van der Waals surface area contributed by atoms with Gasteiger partial charge in [-0.25, -0.2) is 4.98 Å². The average molecular weight is 283 g/mol. The topological polar surface area (TPSA) is 71.2 Å². The van der Waals surface area contributed by atoms with Crippen LogP contribution in [-0.2, 0) is 0 Å². The smallest absolute Gasteiger partial charge is 0.254 e. The summed E-state index contributed by atoms with van der Waals surface area (Å²) < 4.78 is 0. The van der Waals surface area contributed by atoms with Crippen LogP contribution in [0.3, 0.4) is 0 Å². The quantitative estimate of drug-likeness (QED) is 0.826. The molecule has 0 radical (unpaired) electrons. The predicted octanol–water partition coefficient (Wildman–Crippen LogP) is 1.59. The Morgan fingerprint density at radius 1 is 1.63 bits per heavy atom. The third-order valence-electron chi connectivity index (χ3n) is 3.44. The zero-order valence-electron chi connectivity index (χ0n) is 11.0. The number of aromatic nitrogens is 1. The lowest BCUT2D eigenvalue weighted by molar-refractivity contribution is 0.0678. The Morgan fingerprint density at radius 3 is 3.11 bits per heavy atom. The van der Waals surface area contributed by atoms with Gasteiger partial charge in [-0.2, -0.15) is 0 Å². The summed E-state index contributed by atoms with van der Waals surface area (Å²) in [6, 6.07) is 3.33. The summed E-state index contributed by atoms with van der Waals surface area (Å²) in [5, 5.41) is 3.22. The normalized spacial score (nSPS) is 19.3. The van der Waals surface area contributed by atoms with Gasteiger partial charge in [0.15, 0.2) is 0 Å². The first-order valence-electron chi connectivity index (χ1n) is 6.48. The summed E-state index contributed by atoms with van der Waals surface area (Å²) in [6.07, 6.45) is 2.10. The molecule has 0 bridgehead atoms. The average Bonchev–Trinajstić information content (AvgIpc) is 2.45. The van der Waals surface area contributed by atoms with E-state index < -0.39 is 0 Å². The van der Waals surface area contributed by atoms with Crippen LogP contribution >= 0.6 is 11.6 Å². The summed E-state index contributed by atoms with van der Waals surface area (Å²) in [5.41, 5.74) is 6.27. The lowest BCUT2D eigenvalue weighted by atomic mass is 9.98. The molecule has 1 saturated heterocycles. The van der Waals surface area contributed by atoms with E-state index in [0.717, 1.165) is 25.9 Å². The minimum absolute atomic E-state index is 0.000972. The summed E-state index contributed by atoms with van der Waals surface area (Å²) >= 11 is 5.93. The molecule has 2 heterocycles. The first-order chi connectivity index (χ1) is 9.13. The van der Waals surface area contributed by atoms with E-state index in [-0.39, 0.29) is 5.91 Å². The molecule has 19 heavy (non-hydrogen) atoms. The van der Waals surface area contributed by atoms with Crippen LogP contribution in [0.2, 0.25) is 5.15 Å². The standard InChI is InChI=1S/C13H19ClN4O/c1-16-12-6-10(5-11(14)17-12)13(19)18-4-2-3-9(7-15)8-18/h5-6,9H,2-4,7-8,15H2,1H3,(H,16,17)/t9-/m0/s1. The second-order valence-electron chi connectivity index (χ2n) is 4.81. The summed E-state index contributed by atoms with van der Waals surface area (Å²) in [5.74, 6) is 1.00. The molecule has 1 atom stereocenters. The van der Waals surface area contributed by atoms with Crippen molar-refractivity contribution in [2.45, 2.75) is 12.8 Å². The highest BCUT2D eigenvalue weighted by Crippen LogP contribution is 2.20. The Kier molecular flexibility index (Phi) is 4.61. The highest BCUT2D eigenvalue weighted by molar-refractivity contribution is 6.29. The Balaban J connectivity index is 2.16. The van der Waals surface area contributed by atoms with E-state index in [2.05, 4.69) is 10.3 Å². The monoisotopic (exact) mass is 282 g/mol. The fourth-order valence-corrected chi connectivity index (χ4v) is 2.58. The van der Waals surface area contributed by atoms with Gasteiger partial charge in [0.25, 0.3) is 5.91 Å². The van der Waals surface area contributed by atoms with Crippen LogP contribution < -0.4 is 11.1 Å². The molecule has 0 spiro atoms. The van der Waals surface area contributed by atoms with E-state index in [0.29, 0.717) is 29.0 Å². The van der Waals surface area contributed by atoms with Gasteiger partial charge in [0.05, 0.1) is 0 Å². The van der Waals surface area contributed by atoms with Gasteiger partial charge >= 0.3 is 0 Å². The van der Waals surface area contributed by atoms with Crippen LogP contribution in [-0.4, -0.2) is 42.5 Å². The van der Waals surface area contributed by atoms with E-state index in [9.17, 15) is 4.79 Å². The molecule has 0 saturated carbocycles. The number of carbonyl (C=O) groups is 1. The van der Waals surface area contributed by atoms with E-state index >= 15 is 0 Å². The van der Waals surface area contributed by atoms with Crippen LogP contribution in [0, 0.1) is 5.92 Å². The van der Waals surface area contributed by atoms with Gasteiger partial charge in [-0.15, -0.1) is 0 Å². The van der Waals surface area contributed by atoms with Gasteiger partial charge in [-0.05, 0) is 37.4 Å². The zero-order valence-corrected chi connectivity index (χ0v) is 11.8. The van der Waals surface area contributed by atoms with E-state index in [4.69, 9.17) is 17.3 Å². The third-order valence-corrected chi connectivity index (χ3v) is 3.63. The molecule has 5 nitrogen and oxygen atoms in total. The first kappa shape index (κ1) is 14.1. The highest BCUT2D eigenvalue weighted by Gasteiger charge is 2.24. The van der Waals surface area contributed by atoms with E-state index in [1.807, 2.05) is 4.90 Å². The molecule has 1 fully saturated rings. The lowest BCUT2D eigenvalue weighted by Crippen LogP contribution is -2.42. The fourth-order valence-electron chi connectivity index (χ4n) is 2.37. The lowest BCUT2D eigenvalue weighted by Gasteiger charge is -2.32. The number of likely N-dealkylation sites (tertiary alicyclic amines) is 1. The number of nitrogens with one attached hydrogen (secondary N) is 1. The largest absolute Gasteiger partial charge is 0.373 e. The number of amides is 1. The molecule has 2 rings (SSSR count). The van der Waals surface area contributed by atoms with Crippen LogP contribution in [0.15, 0.2) is 12.1 Å². The summed E-state index contributed by atoms with van der Waals surface area (Å²) in [6.45, 7) is 2.14. The number of hydrogen-bond donors (Lipinski definition) is 2. The third kappa shape index (κ3) is 3.36. The fraction of sp³-hybridized carbons (Fsp3) is 0.538. The molecule has 1 aromatic heterocycles. The zero-order chi connectivity index (χ0) is 13.8. The minimum atomic E-state index is -0.000972. The second-order valence-corrected chi connectivity index (χ2v) is 5.20. The second kappa shape index (κ2) is 6.21. The van der Waals surface area contributed by atoms with Gasteiger partial charge in [0, 0.05) is 25.7 Å². The number of anilines is 1. The SMILES string of the molecule is CNc1cc(C(=O)N2CCC[C@@H](CN)C2)cc(Cl)n1. The van der Waals surface area contributed by atoms with Gasteiger partial charge in [0.1, 0.15) is 11.0 Å². The molecule has 1 aliphatic rings. The van der Waals surface area contributed by atoms with Crippen molar-refractivity contribution in [2.24, 2.45) is 11.7 Å². The van der Waals surface area contributed by atoms with Crippen molar-refractivity contribution in [1.29, 1.82) is 0 Å². The molecular formula is C13H19ClN4O. The van der Waals surface area contributed by atoms with Gasteiger partial charge < -0.3 is 16.0 Å². The maximum absolute atomic E-state index is 12.5. The number of nitrogens with zero attached hydrogens (tertiary/aromatic N) is 2. The molecular weight excluding hydrogens is 264 g/mol. The van der Waals surface area contributed by atoms with Crippen molar-refractivity contribution in [3.63, 3.8) is 0 Å². The Labute approximate surface area is 118 Å².